The average Bonchev–Trinajstić information content (AvgIpc) is 2.05. The number of hydrogen-bond acceptors (Lipinski definition) is 0. The molecule has 0 amide bonds. The molecule has 0 saturated heterocycles. The van der Waals surface area contributed by atoms with Crippen molar-refractivity contribution in [3.8, 4) is 0 Å². The Morgan fingerprint density at radius 1 is 1.17 bits per heavy atom. The Morgan fingerprint density at radius 2 is 1.83 bits per heavy atom. The fourth-order valence-corrected chi connectivity index (χ4v) is 1.58. The van der Waals surface area contributed by atoms with Gasteiger partial charge in [-0.3, -0.25) is 0 Å². The first-order chi connectivity index (χ1) is 5.79. The van der Waals surface area contributed by atoms with Crippen molar-refractivity contribution < 1.29 is 0 Å². The lowest BCUT2D eigenvalue weighted by molar-refractivity contribution is 1.60. The van der Waals surface area contributed by atoms with Crippen LogP contribution in [0.4, 0.5) is 0 Å². The average molecular weight is 175 g/mol. The molecule has 0 heterocycles. The molecular weight excluding hydrogens is 160 g/mol. The minimum Gasteiger partial charge on any atom is -0.0868 e. The molecule has 0 atom stereocenters. The first-order valence-corrected chi connectivity index (χ1v) is 7.00. The van der Waals surface area contributed by atoms with Gasteiger partial charge >= 0.3 is 0 Å². The normalized spacial score (nSPS) is 11.2. The molecule has 12 heavy (non-hydrogen) atoms. The highest BCUT2D eigenvalue weighted by Crippen LogP contribution is 2.03. The van der Waals surface area contributed by atoms with Crippen LogP contribution in [0.25, 0.3) is 6.08 Å². The zero-order valence-corrected chi connectivity index (χ0v) is 8.75. The van der Waals surface area contributed by atoms with Gasteiger partial charge in [0.25, 0.3) is 0 Å². The third-order valence-corrected chi connectivity index (χ3v) is 2.69. The maximum atomic E-state index is 2.33. The van der Waals surface area contributed by atoms with Crippen LogP contribution < -0.4 is 0 Å². The van der Waals surface area contributed by atoms with Crippen molar-refractivity contribution in [3.63, 3.8) is 0 Å². The van der Waals surface area contributed by atoms with E-state index in [-0.39, 0.29) is 8.80 Å². The van der Waals surface area contributed by atoms with Crippen molar-refractivity contribution >= 4 is 14.9 Å². The fraction of sp³-hybridized carbons (Fsp3) is 0.273. The summed E-state index contributed by atoms with van der Waals surface area (Å²) in [4.78, 5) is 0. The molecule has 0 N–H and O–H groups in total. The van der Waals surface area contributed by atoms with E-state index in [1.165, 1.54) is 11.6 Å². The Morgan fingerprint density at radius 3 is 2.42 bits per heavy atom. The molecule has 0 aliphatic rings. The SMILES string of the molecule is C[Si](C)CC=Cc1ccccc1. The van der Waals surface area contributed by atoms with E-state index in [0.29, 0.717) is 0 Å². The van der Waals surface area contributed by atoms with Crippen molar-refractivity contribution in [1.82, 2.24) is 0 Å². The molecule has 63 valence electrons. The Bertz CT molecular complexity index is 236. The third-order valence-electron chi connectivity index (χ3n) is 1.64. The van der Waals surface area contributed by atoms with Crippen LogP contribution in [0.15, 0.2) is 36.4 Å². The molecule has 1 aromatic rings. The molecule has 0 fully saturated rings. The monoisotopic (exact) mass is 175 g/mol. The van der Waals surface area contributed by atoms with Crippen molar-refractivity contribution in [2.45, 2.75) is 19.1 Å². The largest absolute Gasteiger partial charge is 0.0868 e. The molecule has 1 heteroatoms. The third kappa shape index (κ3) is 3.53. The number of allylic oxidation sites excluding steroid dienone is 1. The van der Waals surface area contributed by atoms with Crippen molar-refractivity contribution in [2.24, 2.45) is 0 Å². The standard InChI is InChI=1S/C11H15Si/c1-12(2)10-6-9-11-7-4-3-5-8-11/h3-9H,10H2,1-2H3. The van der Waals surface area contributed by atoms with Gasteiger partial charge < -0.3 is 0 Å². The first kappa shape index (κ1) is 9.27. The summed E-state index contributed by atoms with van der Waals surface area (Å²) in [6.45, 7) is 4.67. The molecule has 0 nitrogen and oxygen atoms in total. The second kappa shape index (κ2) is 4.94. The molecule has 1 aromatic carbocycles. The minimum absolute atomic E-state index is 0.0910. The molecule has 0 spiro atoms. The second-order valence-electron chi connectivity index (χ2n) is 3.22. The summed E-state index contributed by atoms with van der Waals surface area (Å²) >= 11 is 0. The van der Waals surface area contributed by atoms with Gasteiger partial charge in [0, 0.05) is 8.80 Å². The molecule has 0 saturated carbocycles. The van der Waals surface area contributed by atoms with Crippen LogP contribution in [-0.2, 0) is 0 Å². The van der Waals surface area contributed by atoms with E-state index in [1.54, 1.807) is 0 Å². The molecule has 0 unspecified atom stereocenters. The van der Waals surface area contributed by atoms with Gasteiger partial charge in [-0.15, -0.1) is 0 Å². The van der Waals surface area contributed by atoms with Crippen molar-refractivity contribution in [2.75, 3.05) is 0 Å². The van der Waals surface area contributed by atoms with Gasteiger partial charge in [-0.25, -0.2) is 0 Å². The Kier molecular flexibility index (Phi) is 3.81. The van der Waals surface area contributed by atoms with Gasteiger partial charge in [-0.05, 0) is 11.6 Å². The van der Waals surface area contributed by atoms with Crippen LogP contribution in [0.5, 0.6) is 0 Å². The van der Waals surface area contributed by atoms with Gasteiger partial charge in [-0.2, -0.15) is 0 Å². The molecule has 1 rings (SSSR count). The van der Waals surface area contributed by atoms with Crippen LogP contribution >= 0.6 is 0 Å². The van der Waals surface area contributed by atoms with Gasteiger partial charge in [0.05, 0.1) is 0 Å². The van der Waals surface area contributed by atoms with E-state index in [2.05, 4.69) is 49.5 Å². The summed E-state index contributed by atoms with van der Waals surface area (Å²) in [5, 5.41) is 0. The first-order valence-electron chi connectivity index (χ1n) is 4.29. The zero-order valence-electron chi connectivity index (χ0n) is 7.75. The van der Waals surface area contributed by atoms with E-state index in [9.17, 15) is 0 Å². The lowest BCUT2D eigenvalue weighted by atomic mass is 10.2. The van der Waals surface area contributed by atoms with E-state index >= 15 is 0 Å². The van der Waals surface area contributed by atoms with Crippen LogP contribution in [0.3, 0.4) is 0 Å². The lowest BCUT2D eigenvalue weighted by Crippen LogP contribution is -1.94. The molecule has 0 bridgehead atoms. The van der Waals surface area contributed by atoms with Crippen LogP contribution in [0.2, 0.25) is 19.1 Å². The van der Waals surface area contributed by atoms with Crippen LogP contribution in [0, 0.1) is 0 Å². The van der Waals surface area contributed by atoms with Crippen LogP contribution in [0.1, 0.15) is 5.56 Å². The Balaban J connectivity index is 2.47. The summed E-state index contributed by atoms with van der Waals surface area (Å²) in [6.07, 6.45) is 4.49. The van der Waals surface area contributed by atoms with E-state index < -0.39 is 0 Å². The summed E-state index contributed by atoms with van der Waals surface area (Å²) < 4.78 is 0. The summed E-state index contributed by atoms with van der Waals surface area (Å²) in [7, 11) is -0.0910. The highest BCUT2D eigenvalue weighted by atomic mass is 28.3. The fourth-order valence-electron chi connectivity index (χ4n) is 0.995. The van der Waals surface area contributed by atoms with Crippen LogP contribution in [-0.4, -0.2) is 8.80 Å². The second-order valence-corrected chi connectivity index (χ2v) is 6.05. The molecule has 0 aromatic heterocycles. The molecule has 0 aliphatic heterocycles. The Hall–Kier alpha value is -0.823. The van der Waals surface area contributed by atoms with Gasteiger partial charge in [0.1, 0.15) is 0 Å². The zero-order chi connectivity index (χ0) is 8.81. The minimum atomic E-state index is -0.0910. The maximum absolute atomic E-state index is 2.33. The van der Waals surface area contributed by atoms with E-state index in [1.807, 2.05) is 6.07 Å². The van der Waals surface area contributed by atoms with E-state index in [4.69, 9.17) is 0 Å². The Labute approximate surface area is 76.5 Å². The summed E-state index contributed by atoms with van der Waals surface area (Å²) in [6, 6.07) is 11.7. The van der Waals surface area contributed by atoms with Gasteiger partial charge in [0.2, 0.25) is 0 Å². The number of rotatable bonds is 3. The number of benzene rings is 1. The topological polar surface area (TPSA) is 0 Å². The van der Waals surface area contributed by atoms with Gasteiger partial charge in [-0.1, -0.05) is 55.6 Å². The molecule has 1 radical (unpaired) electrons. The number of hydrogen-bond donors (Lipinski definition) is 0. The van der Waals surface area contributed by atoms with Crippen molar-refractivity contribution in [1.29, 1.82) is 0 Å². The molecule has 0 aliphatic carbocycles. The summed E-state index contributed by atoms with van der Waals surface area (Å²) in [5.74, 6) is 0. The lowest BCUT2D eigenvalue weighted by Gasteiger charge is -1.94. The van der Waals surface area contributed by atoms with E-state index in [0.717, 1.165) is 0 Å². The summed E-state index contributed by atoms with van der Waals surface area (Å²) in [5.41, 5.74) is 1.31. The predicted octanol–water partition coefficient (Wildman–Crippen LogP) is 3.45. The smallest absolute Gasteiger partial charge is 0.0452 e. The maximum Gasteiger partial charge on any atom is 0.0452 e. The molecular formula is C11H15Si. The quantitative estimate of drug-likeness (QED) is 0.617. The predicted molar refractivity (Wildman–Crippen MR) is 57.8 cm³/mol. The van der Waals surface area contributed by atoms with Crippen molar-refractivity contribution in [3.05, 3.63) is 42.0 Å². The highest BCUT2D eigenvalue weighted by Gasteiger charge is 1.89. The van der Waals surface area contributed by atoms with Gasteiger partial charge in [0.15, 0.2) is 0 Å². The highest BCUT2D eigenvalue weighted by molar-refractivity contribution is 6.56.